The Morgan fingerprint density at radius 1 is 1.13 bits per heavy atom. The summed E-state index contributed by atoms with van der Waals surface area (Å²) in [6.45, 7) is 4.13. The molecule has 0 saturated heterocycles. The molecule has 0 aliphatic heterocycles. The first-order chi connectivity index (χ1) is 11.2. The van der Waals surface area contributed by atoms with Crippen LogP contribution in [-0.2, 0) is 11.2 Å². The van der Waals surface area contributed by atoms with Crippen LogP contribution in [0, 0.1) is 5.82 Å². The minimum Gasteiger partial charge on any atom is -0.356 e. The van der Waals surface area contributed by atoms with E-state index in [2.05, 4.69) is 27.9 Å². The first-order valence-corrected chi connectivity index (χ1v) is 8.11. The van der Waals surface area contributed by atoms with E-state index in [0.717, 1.165) is 18.9 Å². The molecule has 0 bridgehead atoms. The summed E-state index contributed by atoms with van der Waals surface area (Å²) >= 11 is 0. The summed E-state index contributed by atoms with van der Waals surface area (Å²) in [5.74, 6) is 0.290. The summed E-state index contributed by atoms with van der Waals surface area (Å²) in [5, 5.41) is 9.16. The van der Waals surface area contributed by atoms with Gasteiger partial charge in [0.15, 0.2) is 5.96 Å². The molecule has 1 aromatic carbocycles. The van der Waals surface area contributed by atoms with Crippen molar-refractivity contribution < 1.29 is 9.18 Å². The van der Waals surface area contributed by atoms with E-state index in [1.807, 2.05) is 0 Å². The number of carbonyl (C=O) groups is 1. The predicted molar refractivity (Wildman–Crippen MR) is 92.0 cm³/mol. The van der Waals surface area contributed by atoms with Crippen LogP contribution in [0.2, 0.25) is 0 Å². The summed E-state index contributed by atoms with van der Waals surface area (Å²) in [6, 6.07) is 6.08. The minimum absolute atomic E-state index is 0.122. The van der Waals surface area contributed by atoms with Gasteiger partial charge in [-0.05, 0) is 24.1 Å². The fourth-order valence-electron chi connectivity index (χ4n) is 2.08. The van der Waals surface area contributed by atoms with Gasteiger partial charge in [-0.1, -0.05) is 31.9 Å². The lowest BCUT2D eigenvalue weighted by atomic mass is 10.1. The van der Waals surface area contributed by atoms with Crippen molar-refractivity contribution in [3.8, 4) is 0 Å². The third-order valence-electron chi connectivity index (χ3n) is 3.29. The third-order valence-corrected chi connectivity index (χ3v) is 3.29. The Morgan fingerprint density at radius 2 is 1.87 bits per heavy atom. The normalized spacial score (nSPS) is 11.2. The molecule has 1 amide bonds. The van der Waals surface area contributed by atoms with Crippen LogP contribution < -0.4 is 16.0 Å². The highest BCUT2D eigenvalue weighted by Crippen LogP contribution is 2.03. The van der Waals surface area contributed by atoms with E-state index >= 15 is 0 Å². The van der Waals surface area contributed by atoms with E-state index in [4.69, 9.17) is 0 Å². The number of nitrogens with zero attached hydrogens (tertiary/aromatic N) is 1. The molecule has 0 atom stereocenters. The number of hydrogen-bond acceptors (Lipinski definition) is 2. The van der Waals surface area contributed by atoms with Gasteiger partial charge in [0, 0.05) is 26.7 Å². The molecule has 1 rings (SSSR count). The van der Waals surface area contributed by atoms with Crippen LogP contribution in [0.4, 0.5) is 4.39 Å². The summed E-state index contributed by atoms with van der Waals surface area (Å²) in [4.78, 5) is 15.9. The topological polar surface area (TPSA) is 65.5 Å². The quantitative estimate of drug-likeness (QED) is 0.369. The van der Waals surface area contributed by atoms with Gasteiger partial charge < -0.3 is 16.0 Å². The van der Waals surface area contributed by atoms with E-state index in [9.17, 15) is 9.18 Å². The maximum absolute atomic E-state index is 13.0. The number of unbranched alkanes of at least 4 members (excludes halogenated alkanes) is 2. The van der Waals surface area contributed by atoms with Crippen LogP contribution in [-0.4, -0.2) is 38.5 Å². The Balaban J connectivity index is 2.16. The highest BCUT2D eigenvalue weighted by Gasteiger charge is 2.04. The number of rotatable bonds is 9. The lowest BCUT2D eigenvalue weighted by Gasteiger charge is -2.12. The largest absolute Gasteiger partial charge is 0.356 e. The Labute approximate surface area is 137 Å². The zero-order valence-corrected chi connectivity index (χ0v) is 14.0. The summed E-state index contributed by atoms with van der Waals surface area (Å²) in [6.07, 6.45) is 3.68. The number of carbonyl (C=O) groups excluding carboxylic acids is 1. The highest BCUT2D eigenvalue weighted by atomic mass is 19.1. The van der Waals surface area contributed by atoms with Gasteiger partial charge in [0.1, 0.15) is 5.82 Å². The molecule has 0 aliphatic rings. The fraction of sp³-hybridized carbons (Fsp3) is 0.529. The average Bonchev–Trinajstić information content (AvgIpc) is 2.53. The second-order valence-corrected chi connectivity index (χ2v) is 5.29. The van der Waals surface area contributed by atoms with Gasteiger partial charge in [0.25, 0.3) is 0 Å². The van der Waals surface area contributed by atoms with Gasteiger partial charge >= 0.3 is 0 Å². The monoisotopic (exact) mass is 322 g/mol. The van der Waals surface area contributed by atoms with E-state index in [-0.39, 0.29) is 18.1 Å². The highest BCUT2D eigenvalue weighted by molar-refractivity contribution is 5.80. The molecule has 0 unspecified atom stereocenters. The number of benzene rings is 1. The smallest absolute Gasteiger partial charge is 0.224 e. The Kier molecular flexibility index (Phi) is 9.43. The van der Waals surface area contributed by atoms with E-state index in [0.29, 0.717) is 18.7 Å². The summed E-state index contributed by atoms with van der Waals surface area (Å²) < 4.78 is 13.0. The van der Waals surface area contributed by atoms with Crippen molar-refractivity contribution in [1.29, 1.82) is 0 Å². The molecule has 0 fully saturated rings. The van der Waals surface area contributed by atoms with Gasteiger partial charge in [-0.2, -0.15) is 0 Å². The molecular weight excluding hydrogens is 295 g/mol. The van der Waals surface area contributed by atoms with Crippen molar-refractivity contribution in [3.63, 3.8) is 0 Å². The standard InChI is InChI=1S/C17H27FN4O/c1-3-4-5-9-21-17(19-2)22-11-10-20-16(23)13-14-7-6-8-15(18)12-14/h6-8,12H,3-5,9-11,13H2,1-2H3,(H,20,23)(H2,19,21,22). The van der Waals surface area contributed by atoms with Gasteiger partial charge in [0.2, 0.25) is 5.91 Å². The van der Waals surface area contributed by atoms with E-state index in [1.165, 1.54) is 25.0 Å². The minimum atomic E-state index is -0.324. The number of guanidine groups is 1. The number of amides is 1. The molecule has 3 N–H and O–H groups in total. The van der Waals surface area contributed by atoms with Crippen LogP contribution in [0.5, 0.6) is 0 Å². The van der Waals surface area contributed by atoms with Crippen molar-refractivity contribution in [1.82, 2.24) is 16.0 Å². The first kappa shape index (κ1) is 18.9. The van der Waals surface area contributed by atoms with Crippen molar-refractivity contribution in [3.05, 3.63) is 35.6 Å². The second kappa shape index (κ2) is 11.5. The zero-order chi connectivity index (χ0) is 16.9. The van der Waals surface area contributed by atoms with Crippen LogP contribution >= 0.6 is 0 Å². The third kappa shape index (κ3) is 8.80. The molecule has 0 heterocycles. The molecule has 0 radical (unpaired) electrons. The maximum Gasteiger partial charge on any atom is 0.224 e. The van der Waals surface area contributed by atoms with Gasteiger partial charge in [0.05, 0.1) is 6.42 Å². The van der Waals surface area contributed by atoms with Crippen molar-refractivity contribution in [2.45, 2.75) is 32.6 Å². The van der Waals surface area contributed by atoms with Gasteiger partial charge in [-0.15, -0.1) is 0 Å². The Bertz CT molecular complexity index is 505. The average molecular weight is 322 g/mol. The molecule has 5 nitrogen and oxygen atoms in total. The SMILES string of the molecule is CCCCCNC(=NC)NCCNC(=O)Cc1cccc(F)c1. The van der Waals surface area contributed by atoms with Gasteiger partial charge in [-0.3, -0.25) is 9.79 Å². The lowest BCUT2D eigenvalue weighted by molar-refractivity contribution is -0.120. The molecule has 1 aromatic rings. The van der Waals surface area contributed by atoms with Crippen LogP contribution in [0.25, 0.3) is 0 Å². The molecule has 6 heteroatoms. The lowest BCUT2D eigenvalue weighted by Crippen LogP contribution is -2.42. The van der Waals surface area contributed by atoms with Crippen molar-refractivity contribution in [2.75, 3.05) is 26.7 Å². The van der Waals surface area contributed by atoms with Gasteiger partial charge in [-0.25, -0.2) is 4.39 Å². The molecule has 0 saturated carbocycles. The van der Waals surface area contributed by atoms with Crippen LogP contribution in [0.15, 0.2) is 29.3 Å². The number of nitrogens with one attached hydrogen (secondary N) is 3. The van der Waals surface area contributed by atoms with E-state index < -0.39 is 0 Å². The molecule has 128 valence electrons. The van der Waals surface area contributed by atoms with E-state index in [1.54, 1.807) is 19.2 Å². The number of hydrogen-bond donors (Lipinski definition) is 3. The van der Waals surface area contributed by atoms with Crippen molar-refractivity contribution in [2.24, 2.45) is 4.99 Å². The van der Waals surface area contributed by atoms with Crippen LogP contribution in [0.3, 0.4) is 0 Å². The van der Waals surface area contributed by atoms with Crippen LogP contribution in [0.1, 0.15) is 31.7 Å². The number of halogens is 1. The van der Waals surface area contributed by atoms with Crippen molar-refractivity contribution >= 4 is 11.9 Å². The maximum atomic E-state index is 13.0. The Hall–Kier alpha value is -2.11. The first-order valence-electron chi connectivity index (χ1n) is 8.11. The Morgan fingerprint density at radius 3 is 2.57 bits per heavy atom. The molecule has 0 aromatic heterocycles. The number of aliphatic imine (C=N–C) groups is 1. The molecule has 23 heavy (non-hydrogen) atoms. The zero-order valence-electron chi connectivity index (χ0n) is 14.0. The summed E-state index contributed by atoms with van der Waals surface area (Å²) in [5.41, 5.74) is 0.670. The molecule has 0 aliphatic carbocycles. The second-order valence-electron chi connectivity index (χ2n) is 5.29. The molecule has 0 spiro atoms. The fourth-order valence-corrected chi connectivity index (χ4v) is 2.08. The predicted octanol–water partition coefficient (Wildman–Crippen LogP) is 1.84. The summed E-state index contributed by atoms with van der Waals surface area (Å²) in [7, 11) is 1.72. The molecular formula is C17H27FN4O.